The highest BCUT2D eigenvalue weighted by Gasteiger charge is 2.42. The highest BCUT2D eigenvalue weighted by atomic mass is 15.1. The van der Waals surface area contributed by atoms with E-state index in [1.54, 1.807) is 0 Å². The van der Waals surface area contributed by atoms with Gasteiger partial charge >= 0.3 is 0 Å². The molecule has 4 aliphatic rings. The maximum atomic E-state index is 2.50. The lowest BCUT2D eigenvalue weighted by atomic mass is 9.78. The second-order valence-electron chi connectivity index (χ2n) is 47.6. The molecule has 0 saturated carbocycles. The molecular weight excluding hydrogens is 1630 g/mol. The van der Waals surface area contributed by atoms with E-state index in [9.17, 15) is 0 Å². The Labute approximate surface area is 807 Å². The van der Waals surface area contributed by atoms with Gasteiger partial charge in [0, 0.05) is 55.8 Å². The first-order valence-electron chi connectivity index (χ1n) is 49.2. The fourth-order valence-corrected chi connectivity index (χ4v) is 22.0. The van der Waals surface area contributed by atoms with E-state index in [1.165, 1.54) is 195 Å². The number of nitrogens with zero attached hydrogens (tertiary/aromatic N) is 2. The molecule has 0 radical (unpaired) electrons. The van der Waals surface area contributed by atoms with E-state index >= 15 is 0 Å². The Bertz CT molecular complexity index is 7030. The zero-order valence-corrected chi connectivity index (χ0v) is 85.1. The van der Waals surface area contributed by atoms with Gasteiger partial charge in [0.15, 0.2) is 0 Å². The van der Waals surface area contributed by atoms with Crippen LogP contribution in [0.1, 0.15) is 263 Å². The second kappa shape index (κ2) is 32.7. The van der Waals surface area contributed by atoms with Gasteiger partial charge in [-0.1, -0.05) is 411 Å². The smallest absolute Gasteiger partial charge is 0.0474 e. The van der Waals surface area contributed by atoms with Gasteiger partial charge in [0.05, 0.1) is 0 Å². The molecule has 0 spiro atoms. The van der Waals surface area contributed by atoms with Crippen LogP contribution in [0.25, 0.3) is 111 Å². The lowest BCUT2D eigenvalue weighted by Crippen LogP contribution is -2.18. The number of hydrogen-bond acceptors (Lipinski definition) is 2. The van der Waals surface area contributed by atoms with Crippen LogP contribution in [0.4, 0.5) is 34.1 Å². The fourth-order valence-electron chi connectivity index (χ4n) is 22.0. The number of hydrogen-bond donors (Lipinski definition) is 0. The minimum atomic E-state index is -0.144. The summed E-state index contributed by atoms with van der Waals surface area (Å²) < 4.78 is 0. The van der Waals surface area contributed by atoms with Gasteiger partial charge in [0.1, 0.15) is 0 Å². The van der Waals surface area contributed by atoms with Crippen molar-refractivity contribution in [2.75, 3.05) is 9.80 Å². The van der Waals surface area contributed by atoms with Crippen LogP contribution >= 0.6 is 0 Å². The lowest BCUT2D eigenvalue weighted by Gasteiger charge is -2.29. The van der Waals surface area contributed by atoms with Crippen LogP contribution in [0.2, 0.25) is 0 Å². The normalized spacial score (nSPS) is 14.6. The predicted molar refractivity (Wildman–Crippen MR) is 582 cm³/mol. The van der Waals surface area contributed by atoms with Crippen molar-refractivity contribution < 1.29 is 0 Å². The van der Waals surface area contributed by atoms with Crippen molar-refractivity contribution in [2.45, 2.75) is 241 Å². The van der Waals surface area contributed by atoms with Crippen molar-refractivity contribution >= 4 is 34.1 Å². The Hall–Kier alpha value is -12.9. The van der Waals surface area contributed by atoms with Crippen LogP contribution in [0.3, 0.4) is 0 Å². The van der Waals surface area contributed by atoms with Crippen molar-refractivity contribution in [3.63, 3.8) is 0 Å². The molecule has 0 aromatic heterocycles. The summed E-state index contributed by atoms with van der Waals surface area (Å²) in [5, 5.41) is 0. The Kier molecular flexibility index (Phi) is 22.1. The van der Waals surface area contributed by atoms with Gasteiger partial charge in [-0.15, -0.1) is 0 Å². The van der Waals surface area contributed by atoms with Gasteiger partial charge < -0.3 is 9.80 Å². The van der Waals surface area contributed by atoms with Gasteiger partial charge in [-0.25, -0.2) is 0 Å². The highest BCUT2D eigenvalue weighted by Crippen LogP contribution is 2.58. The third-order valence-electron chi connectivity index (χ3n) is 30.7. The molecular formula is C133H136N2. The zero-order chi connectivity index (χ0) is 95.7. The van der Waals surface area contributed by atoms with Crippen molar-refractivity contribution in [1.82, 2.24) is 0 Å². The third-order valence-corrected chi connectivity index (χ3v) is 30.7. The average molecular weight is 1760 g/mol. The van der Waals surface area contributed by atoms with E-state index in [4.69, 9.17) is 0 Å². The van der Waals surface area contributed by atoms with E-state index in [0.717, 1.165) is 34.1 Å². The summed E-state index contributed by atoms with van der Waals surface area (Å²) in [6.07, 6.45) is 0. The molecule has 0 bridgehead atoms. The van der Waals surface area contributed by atoms with Gasteiger partial charge in [-0.05, 0) is 337 Å². The summed E-state index contributed by atoms with van der Waals surface area (Å²) in [6.45, 7) is 63.0. The van der Waals surface area contributed by atoms with Crippen molar-refractivity contribution in [3.05, 3.63) is 417 Å². The molecule has 678 valence electrons. The zero-order valence-electron chi connectivity index (χ0n) is 85.1. The molecule has 20 rings (SSSR count). The van der Waals surface area contributed by atoms with Crippen LogP contribution in [0, 0.1) is 6.92 Å². The SMILES string of the molecule is CC(C)(C)c1ccc(-c2ccc(N(c3ccccc3)c3cc(-c4ccc5c(c4)C(C)(C)c4cc(C(C)(C)C)ccc4-5)cc(-c4ccc5c(c4)C(C)(C)c4cc(C(C)(C)C)ccc4-5)c3)cc2)cc1.Cc1c(-c2ccc3c(c2)C(C)(C)c2cc(C(C)(C)C)ccc2-3)cc(N(c2ccccc2)c2ccc(-c3ccc(C(C)(C)C)cc3)cc2)cc1-c1ccc2c(c1)C(C)(C)c1cc(C(C)(C)C)ccc1-2. The van der Waals surface area contributed by atoms with Crippen molar-refractivity contribution in [3.8, 4) is 111 Å². The molecule has 16 aromatic rings. The van der Waals surface area contributed by atoms with E-state index in [0.29, 0.717) is 0 Å². The van der Waals surface area contributed by atoms with Gasteiger partial charge in [0.2, 0.25) is 0 Å². The Morgan fingerprint density at radius 2 is 0.356 bits per heavy atom. The predicted octanol–water partition coefficient (Wildman–Crippen LogP) is 37.6. The summed E-state index contributed by atoms with van der Waals surface area (Å²) in [4.78, 5) is 4.88. The minimum absolute atomic E-state index is 0.0760. The number of benzene rings is 16. The molecule has 2 heteroatoms. The van der Waals surface area contributed by atoms with Crippen LogP contribution in [0.5, 0.6) is 0 Å². The average Bonchev–Trinajstić information content (AvgIpc) is 1.57. The Balaban J connectivity index is 0.000000173. The van der Waals surface area contributed by atoms with E-state index < -0.39 is 0 Å². The summed E-state index contributed by atoms with van der Waals surface area (Å²) in [5.41, 5.74) is 52.9. The summed E-state index contributed by atoms with van der Waals surface area (Å²) >= 11 is 0. The third kappa shape index (κ3) is 16.5. The molecule has 2 nitrogen and oxygen atoms in total. The van der Waals surface area contributed by atoms with Crippen molar-refractivity contribution in [2.24, 2.45) is 0 Å². The fraction of sp³-hybridized carbons (Fsp3) is 0.278. The monoisotopic (exact) mass is 1760 g/mol. The molecule has 0 heterocycles. The highest BCUT2D eigenvalue weighted by molar-refractivity contribution is 5.95. The number of para-hydroxylation sites is 2. The molecule has 0 fully saturated rings. The molecule has 4 aliphatic carbocycles. The minimum Gasteiger partial charge on any atom is -0.310 e. The standard InChI is InChI=1S/C67H69N.C66H67N/c1-42-57(45-24-32-53-55-34-28-48(64(5,6)7)38-61(55)66(11,12)59(53)36-45)40-52(41-58(42)46-25-33-54-56-35-29-49(65(8,9)10)39-62(56)67(13,14)60(54)37-46)68(50-18-16-15-17-19-50)51-30-22-44(23-31-51)43-20-26-47(27-21-43)63(2,3)4;1-62(2,3)48-25-19-42(20-26-48)43-21-29-52(30-22-43)67(51-17-15-14-16-18-51)53-36-46(44-23-31-54-56-33-27-49(63(4,5)6)40-60(56)65(10,11)58(54)38-44)35-47(37-53)45-24-32-55-57-34-28-50(64(7,8)9)41-61(57)66(12,13)59(55)39-45/h15-41H,1-14H3;14-41H,1-13H3. The number of rotatable bonds is 12. The summed E-state index contributed by atoms with van der Waals surface area (Å²) in [7, 11) is 0. The number of anilines is 6. The maximum absolute atomic E-state index is 2.50. The van der Waals surface area contributed by atoms with Crippen LogP contribution < -0.4 is 9.80 Å². The molecule has 0 aliphatic heterocycles. The van der Waals surface area contributed by atoms with Gasteiger partial charge in [-0.2, -0.15) is 0 Å². The van der Waals surface area contributed by atoms with E-state index in [2.05, 4.69) is 530 Å². The topological polar surface area (TPSA) is 6.48 Å². The van der Waals surface area contributed by atoms with Gasteiger partial charge in [-0.3, -0.25) is 0 Å². The molecule has 0 atom stereocenters. The lowest BCUT2D eigenvalue weighted by molar-refractivity contribution is 0.584. The molecule has 0 amide bonds. The van der Waals surface area contributed by atoms with Crippen LogP contribution in [-0.4, -0.2) is 0 Å². The largest absolute Gasteiger partial charge is 0.310 e. The second-order valence-corrected chi connectivity index (χ2v) is 47.6. The molecule has 0 unspecified atom stereocenters. The first-order chi connectivity index (χ1) is 63.6. The molecule has 0 saturated heterocycles. The summed E-state index contributed by atoms with van der Waals surface area (Å²) in [6, 6.07) is 128. The molecule has 0 N–H and O–H groups in total. The van der Waals surface area contributed by atoms with Crippen LogP contribution in [-0.2, 0) is 54.1 Å². The summed E-state index contributed by atoms with van der Waals surface area (Å²) in [5.74, 6) is 0. The van der Waals surface area contributed by atoms with Crippen molar-refractivity contribution in [1.29, 1.82) is 0 Å². The van der Waals surface area contributed by atoms with E-state index in [-0.39, 0.29) is 54.1 Å². The van der Waals surface area contributed by atoms with Crippen LogP contribution in [0.15, 0.2) is 334 Å². The quantitative estimate of drug-likeness (QED) is 0.120. The van der Waals surface area contributed by atoms with E-state index in [1.807, 2.05) is 0 Å². The Morgan fingerprint density at radius 1 is 0.156 bits per heavy atom. The molecule has 135 heavy (non-hydrogen) atoms. The Morgan fingerprint density at radius 3 is 0.615 bits per heavy atom. The maximum Gasteiger partial charge on any atom is 0.0474 e. The first kappa shape index (κ1) is 91.2. The molecule has 16 aromatic carbocycles. The first-order valence-corrected chi connectivity index (χ1v) is 49.2. The van der Waals surface area contributed by atoms with Gasteiger partial charge in [0.25, 0.3) is 0 Å². The number of fused-ring (bicyclic) bond motifs is 12.